The molecule has 2 fully saturated rings. The summed E-state index contributed by atoms with van der Waals surface area (Å²) in [6, 6.07) is 6.81. The minimum Gasteiger partial charge on any atom is -0.506 e. The molecule has 0 spiro atoms. The van der Waals surface area contributed by atoms with E-state index in [1.165, 1.54) is 0 Å². The molecule has 6 atom stereocenters. The summed E-state index contributed by atoms with van der Waals surface area (Å²) in [7, 11) is 0. The van der Waals surface area contributed by atoms with Crippen LogP contribution in [-0.4, -0.2) is 29.3 Å². The lowest BCUT2D eigenvalue weighted by atomic mass is 9.82. The van der Waals surface area contributed by atoms with Gasteiger partial charge in [-0.3, -0.25) is 0 Å². The zero-order valence-corrected chi connectivity index (χ0v) is 11.1. The van der Waals surface area contributed by atoms with E-state index in [-0.39, 0.29) is 17.8 Å². The van der Waals surface area contributed by atoms with Gasteiger partial charge in [0.1, 0.15) is 29.6 Å². The Morgan fingerprint density at radius 2 is 1.90 bits per heavy atom. The lowest BCUT2D eigenvalue weighted by molar-refractivity contribution is 0.242. The van der Waals surface area contributed by atoms with Gasteiger partial charge in [-0.05, 0) is 31.0 Å². The summed E-state index contributed by atoms with van der Waals surface area (Å²) in [5, 5.41) is 29.4. The fourth-order valence-electron chi connectivity index (χ4n) is 4.36. The Hall–Kier alpha value is -1.98. The van der Waals surface area contributed by atoms with Crippen molar-refractivity contribution in [3.05, 3.63) is 23.8 Å². The molecule has 0 unspecified atom stereocenters. The van der Waals surface area contributed by atoms with Gasteiger partial charge >= 0.3 is 0 Å². The third kappa shape index (κ3) is 1.11. The van der Waals surface area contributed by atoms with Crippen LogP contribution in [0.25, 0.3) is 0 Å². The molecule has 5 rings (SSSR count). The van der Waals surface area contributed by atoms with E-state index in [1.54, 1.807) is 6.07 Å². The molecule has 0 radical (unpaired) electrons. The van der Waals surface area contributed by atoms with Crippen LogP contribution in [0.4, 0.5) is 5.69 Å². The van der Waals surface area contributed by atoms with Gasteiger partial charge in [-0.1, -0.05) is 11.3 Å². The number of phenolic OH excluding ortho intramolecular Hbond substituents is 1. The van der Waals surface area contributed by atoms with Gasteiger partial charge in [-0.25, -0.2) is 5.01 Å². The first-order valence-corrected chi connectivity index (χ1v) is 7.13. The third-order valence-electron chi connectivity index (χ3n) is 5.27. The van der Waals surface area contributed by atoms with E-state index in [1.807, 2.05) is 24.1 Å². The predicted octanol–water partition coefficient (Wildman–Crippen LogP) is 2.48. The highest BCUT2D eigenvalue weighted by molar-refractivity contribution is 5.60. The smallest absolute Gasteiger partial charge is 0.140 e. The van der Waals surface area contributed by atoms with Crippen molar-refractivity contribution in [2.75, 3.05) is 5.01 Å². The Morgan fingerprint density at radius 3 is 2.70 bits per heavy atom. The number of fused-ring (bicyclic) bond motifs is 8. The maximum Gasteiger partial charge on any atom is 0.140 e. The normalized spacial score (nSPS) is 42.8. The van der Waals surface area contributed by atoms with Crippen LogP contribution < -0.4 is 5.01 Å². The van der Waals surface area contributed by atoms with Gasteiger partial charge in [-0.2, -0.15) is 15.3 Å². The van der Waals surface area contributed by atoms with Crippen molar-refractivity contribution in [3.63, 3.8) is 0 Å². The summed E-state index contributed by atoms with van der Waals surface area (Å²) in [5.74, 6) is 1.24. The fourth-order valence-corrected chi connectivity index (χ4v) is 4.36. The average molecular weight is 269 g/mol. The van der Waals surface area contributed by atoms with Crippen LogP contribution in [0.1, 0.15) is 12.0 Å². The number of aromatic hydroxyl groups is 1. The zero-order valence-electron chi connectivity index (χ0n) is 11.1. The maximum atomic E-state index is 10.1. The van der Waals surface area contributed by atoms with Gasteiger partial charge in [0.25, 0.3) is 0 Å². The standard InChI is InChI=1S/C14H15N5O/c1-6-2-3-10(20)9(4-6)19-14-8-5-7(13(14)17-18-19)11-12(8)16-15-11/h2-4,7-8,11-14,20H,5H2,1H3/t7-,8+,11+,12-,13-,14+/m0/s1. The summed E-state index contributed by atoms with van der Waals surface area (Å²) < 4.78 is 0. The molecule has 4 aliphatic rings. The first-order valence-electron chi connectivity index (χ1n) is 7.13. The van der Waals surface area contributed by atoms with Crippen LogP contribution >= 0.6 is 0 Å². The zero-order chi connectivity index (χ0) is 13.4. The lowest BCUT2D eigenvalue weighted by Crippen LogP contribution is -2.52. The number of benzene rings is 1. The summed E-state index contributed by atoms with van der Waals surface area (Å²) >= 11 is 0. The van der Waals surface area contributed by atoms with Gasteiger partial charge in [-0.15, -0.1) is 0 Å². The van der Waals surface area contributed by atoms with Crippen molar-refractivity contribution in [2.24, 2.45) is 32.4 Å². The largest absolute Gasteiger partial charge is 0.506 e. The molecule has 2 saturated carbocycles. The van der Waals surface area contributed by atoms with Crippen LogP contribution in [-0.2, 0) is 0 Å². The number of azo groups is 1. The molecule has 1 N–H and O–H groups in total. The summed E-state index contributed by atoms with van der Waals surface area (Å²) in [5.41, 5.74) is 1.88. The number of aryl methyl sites for hydroxylation is 1. The molecule has 1 aromatic rings. The maximum absolute atomic E-state index is 10.1. The second-order valence-corrected chi connectivity index (χ2v) is 6.30. The highest BCUT2D eigenvalue weighted by atomic mass is 16.3. The Morgan fingerprint density at radius 1 is 1.10 bits per heavy atom. The molecule has 1 aromatic carbocycles. The highest BCUT2D eigenvalue weighted by Crippen LogP contribution is 2.57. The van der Waals surface area contributed by atoms with Gasteiger partial charge in [0.2, 0.25) is 0 Å². The molecule has 2 aliphatic heterocycles. The number of phenols is 1. The fraction of sp³-hybridized carbons (Fsp3) is 0.571. The monoisotopic (exact) mass is 269 g/mol. The minimum absolute atomic E-state index is 0.223. The molecule has 2 bridgehead atoms. The van der Waals surface area contributed by atoms with E-state index in [0.717, 1.165) is 17.7 Å². The Balaban J connectivity index is 1.56. The molecular weight excluding hydrogens is 254 g/mol. The van der Waals surface area contributed by atoms with Crippen LogP contribution in [0.5, 0.6) is 5.75 Å². The first kappa shape index (κ1) is 10.8. The van der Waals surface area contributed by atoms with E-state index < -0.39 is 0 Å². The van der Waals surface area contributed by atoms with Crippen LogP contribution in [0.2, 0.25) is 0 Å². The molecule has 0 amide bonds. The quantitative estimate of drug-likeness (QED) is 0.850. The molecule has 0 saturated heterocycles. The van der Waals surface area contributed by atoms with Crippen molar-refractivity contribution < 1.29 is 5.11 Å². The topological polar surface area (TPSA) is 72.9 Å². The van der Waals surface area contributed by atoms with Gasteiger partial charge in [0, 0.05) is 11.8 Å². The number of rotatable bonds is 1. The van der Waals surface area contributed by atoms with E-state index in [0.29, 0.717) is 23.9 Å². The van der Waals surface area contributed by atoms with Crippen molar-refractivity contribution in [1.29, 1.82) is 0 Å². The lowest BCUT2D eigenvalue weighted by Gasteiger charge is -2.38. The van der Waals surface area contributed by atoms with Crippen LogP contribution in [0, 0.1) is 18.8 Å². The first-order chi connectivity index (χ1) is 9.74. The van der Waals surface area contributed by atoms with E-state index in [4.69, 9.17) is 0 Å². The van der Waals surface area contributed by atoms with Crippen molar-refractivity contribution >= 4 is 5.69 Å². The SMILES string of the molecule is Cc1ccc(O)c(N2N=N[C@H]3[C@H]4C[C@H]([C@@H]5N=N[C@H]45)[C@H]32)c1. The van der Waals surface area contributed by atoms with Crippen molar-refractivity contribution in [2.45, 2.75) is 37.5 Å². The molecule has 102 valence electrons. The summed E-state index contributed by atoms with van der Waals surface area (Å²) in [6.07, 6.45) is 1.14. The third-order valence-corrected chi connectivity index (χ3v) is 5.27. The summed E-state index contributed by atoms with van der Waals surface area (Å²) in [4.78, 5) is 0. The molecule has 20 heavy (non-hydrogen) atoms. The van der Waals surface area contributed by atoms with E-state index >= 15 is 0 Å². The summed E-state index contributed by atoms with van der Waals surface area (Å²) in [6.45, 7) is 2.02. The van der Waals surface area contributed by atoms with Gasteiger partial charge in [0.05, 0.1) is 6.04 Å². The van der Waals surface area contributed by atoms with E-state index in [9.17, 15) is 5.11 Å². The second-order valence-electron chi connectivity index (χ2n) is 6.30. The number of nitrogens with zero attached hydrogens (tertiary/aromatic N) is 5. The number of hydrogen-bond acceptors (Lipinski definition) is 6. The van der Waals surface area contributed by atoms with Crippen molar-refractivity contribution in [1.82, 2.24) is 0 Å². The molecular formula is C14H15N5O. The van der Waals surface area contributed by atoms with Gasteiger partial charge in [0.15, 0.2) is 0 Å². The minimum atomic E-state index is 0.223. The Bertz CT molecular complexity index is 657. The molecule has 2 heterocycles. The Kier molecular flexibility index (Phi) is 1.81. The molecule has 0 aromatic heterocycles. The van der Waals surface area contributed by atoms with E-state index in [2.05, 4.69) is 20.6 Å². The van der Waals surface area contributed by atoms with Gasteiger partial charge < -0.3 is 5.11 Å². The number of hydrogen-bond donors (Lipinski definition) is 1. The highest BCUT2D eigenvalue weighted by Gasteiger charge is 2.65. The van der Waals surface area contributed by atoms with Crippen molar-refractivity contribution in [3.8, 4) is 5.75 Å². The average Bonchev–Trinajstić information content (AvgIpc) is 3.00. The van der Waals surface area contributed by atoms with Crippen LogP contribution in [0.3, 0.4) is 0 Å². The molecule has 6 heteroatoms. The molecule has 2 aliphatic carbocycles. The predicted molar refractivity (Wildman–Crippen MR) is 71.8 cm³/mol. The molecule has 6 nitrogen and oxygen atoms in total. The second kappa shape index (κ2) is 3.37. The number of anilines is 1. The van der Waals surface area contributed by atoms with Crippen LogP contribution in [0.15, 0.2) is 38.8 Å². The Labute approximate surface area is 116 Å².